The first kappa shape index (κ1) is 23.5. The molecule has 1 N–H and O–H groups in total. The fraction of sp³-hybridized carbons (Fsp3) is 0.333. The zero-order valence-electron chi connectivity index (χ0n) is 19.4. The summed E-state index contributed by atoms with van der Waals surface area (Å²) in [5.74, 6) is -0.156. The molecule has 32 heavy (non-hydrogen) atoms. The van der Waals surface area contributed by atoms with Crippen molar-refractivity contribution in [3.8, 4) is 0 Å². The van der Waals surface area contributed by atoms with Gasteiger partial charge >= 0.3 is 0 Å². The van der Waals surface area contributed by atoms with Crippen LogP contribution in [0.3, 0.4) is 0 Å². The number of rotatable bonds is 6. The van der Waals surface area contributed by atoms with E-state index in [0.717, 1.165) is 11.1 Å². The summed E-state index contributed by atoms with van der Waals surface area (Å²) in [5, 5.41) is 4.11. The number of carbonyl (C=O) groups is 1. The van der Waals surface area contributed by atoms with Crippen molar-refractivity contribution in [3.63, 3.8) is 0 Å². The van der Waals surface area contributed by atoms with Gasteiger partial charge in [-0.05, 0) is 53.8 Å². The number of amides is 1. The van der Waals surface area contributed by atoms with Gasteiger partial charge in [-0.1, -0.05) is 32.9 Å². The largest absolute Gasteiger partial charge is 0.337 e. The average Bonchev–Trinajstić information content (AvgIpc) is 3.11. The molecular formula is C24H30N4O3S. The molecule has 170 valence electrons. The molecule has 0 radical (unpaired) electrons. The first-order valence-electron chi connectivity index (χ1n) is 10.3. The zero-order chi connectivity index (χ0) is 23.7. The van der Waals surface area contributed by atoms with Crippen LogP contribution in [0, 0.1) is 6.92 Å². The normalized spacial score (nSPS) is 11.9. The van der Waals surface area contributed by atoms with Crippen LogP contribution in [0.25, 0.3) is 0 Å². The number of sulfonamides is 1. The predicted octanol–water partition coefficient (Wildman–Crippen LogP) is 4.10. The van der Waals surface area contributed by atoms with Crippen molar-refractivity contribution in [2.24, 2.45) is 7.05 Å². The van der Waals surface area contributed by atoms with Crippen LogP contribution < -0.4 is 4.72 Å². The van der Waals surface area contributed by atoms with E-state index in [1.807, 2.05) is 46.1 Å². The molecule has 0 fully saturated rings. The van der Waals surface area contributed by atoms with Gasteiger partial charge in [-0.3, -0.25) is 14.2 Å². The monoisotopic (exact) mass is 454 g/mol. The molecule has 0 bridgehead atoms. The summed E-state index contributed by atoms with van der Waals surface area (Å²) >= 11 is 0. The lowest BCUT2D eigenvalue weighted by molar-refractivity contribution is 0.0785. The van der Waals surface area contributed by atoms with Gasteiger partial charge in [-0.25, -0.2) is 8.42 Å². The van der Waals surface area contributed by atoms with Gasteiger partial charge < -0.3 is 4.90 Å². The topological polar surface area (TPSA) is 84.3 Å². The molecular weight excluding hydrogens is 424 g/mol. The van der Waals surface area contributed by atoms with E-state index in [2.05, 4.69) is 9.82 Å². The highest BCUT2D eigenvalue weighted by molar-refractivity contribution is 7.92. The van der Waals surface area contributed by atoms with Gasteiger partial charge in [-0.15, -0.1) is 0 Å². The lowest BCUT2D eigenvalue weighted by atomic mass is 9.87. The molecule has 0 aliphatic heterocycles. The molecule has 7 nitrogen and oxygen atoms in total. The maximum absolute atomic E-state index is 13.0. The molecule has 0 aliphatic carbocycles. The lowest BCUT2D eigenvalue weighted by Crippen LogP contribution is -2.26. The molecule has 0 spiro atoms. The van der Waals surface area contributed by atoms with Crippen LogP contribution in [0.1, 0.15) is 47.8 Å². The molecule has 2 aromatic carbocycles. The van der Waals surface area contributed by atoms with Crippen molar-refractivity contribution >= 4 is 21.6 Å². The summed E-state index contributed by atoms with van der Waals surface area (Å²) in [6.45, 7) is 8.35. The highest BCUT2D eigenvalue weighted by atomic mass is 32.2. The van der Waals surface area contributed by atoms with Crippen molar-refractivity contribution in [2.45, 2.75) is 44.6 Å². The number of hydrogen-bond donors (Lipinski definition) is 1. The van der Waals surface area contributed by atoms with Gasteiger partial charge in [0.1, 0.15) is 0 Å². The molecule has 1 aromatic heterocycles. The maximum atomic E-state index is 13.0. The molecule has 3 aromatic rings. The smallest absolute Gasteiger partial charge is 0.262 e. The van der Waals surface area contributed by atoms with E-state index in [1.54, 1.807) is 60.1 Å². The van der Waals surface area contributed by atoms with Crippen molar-refractivity contribution in [1.82, 2.24) is 14.7 Å². The van der Waals surface area contributed by atoms with E-state index in [9.17, 15) is 13.2 Å². The minimum atomic E-state index is -3.77. The van der Waals surface area contributed by atoms with Crippen LogP contribution in [0.2, 0.25) is 0 Å². The minimum absolute atomic E-state index is 0.156. The number of hydrogen-bond acceptors (Lipinski definition) is 4. The van der Waals surface area contributed by atoms with E-state index in [0.29, 0.717) is 23.4 Å². The van der Waals surface area contributed by atoms with Crippen molar-refractivity contribution in [1.29, 1.82) is 0 Å². The zero-order valence-corrected chi connectivity index (χ0v) is 20.2. The molecule has 0 unspecified atom stereocenters. The first-order valence-corrected chi connectivity index (χ1v) is 11.8. The van der Waals surface area contributed by atoms with E-state index in [1.165, 1.54) is 0 Å². The van der Waals surface area contributed by atoms with E-state index < -0.39 is 10.0 Å². The third kappa shape index (κ3) is 5.37. The Hall–Kier alpha value is -3.13. The Morgan fingerprint density at radius 3 is 2.34 bits per heavy atom. The van der Waals surface area contributed by atoms with Gasteiger partial charge in [0.25, 0.3) is 15.9 Å². The van der Waals surface area contributed by atoms with Crippen molar-refractivity contribution in [2.75, 3.05) is 11.8 Å². The van der Waals surface area contributed by atoms with Gasteiger partial charge in [-0.2, -0.15) is 5.10 Å². The summed E-state index contributed by atoms with van der Waals surface area (Å²) in [7, 11) is -0.225. The minimum Gasteiger partial charge on any atom is -0.337 e. The predicted molar refractivity (Wildman–Crippen MR) is 126 cm³/mol. The SMILES string of the molecule is Cc1ccc(C(C)(C)C)cc1S(=O)(=O)Nc1ccc(C(=O)N(C)Cc2cnn(C)c2)cc1. The van der Waals surface area contributed by atoms with E-state index >= 15 is 0 Å². The Balaban J connectivity index is 1.76. The van der Waals surface area contributed by atoms with Gasteiger partial charge in [0.2, 0.25) is 0 Å². The van der Waals surface area contributed by atoms with Crippen molar-refractivity contribution in [3.05, 3.63) is 77.1 Å². The van der Waals surface area contributed by atoms with Crippen LogP contribution in [0.5, 0.6) is 0 Å². The summed E-state index contributed by atoms with van der Waals surface area (Å²) in [6.07, 6.45) is 3.58. The van der Waals surface area contributed by atoms with Crippen molar-refractivity contribution < 1.29 is 13.2 Å². The Morgan fingerprint density at radius 1 is 1.12 bits per heavy atom. The second-order valence-electron chi connectivity index (χ2n) is 9.10. The van der Waals surface area contributed by atoms with Crippen LogP contribution in [-0.2, 0) is 29.0 Å². The Labute approximate surface area is 190 Å². The highest BCUT2D eigenvalue weighted by Gasteiger charge is 2.22. The number of aryl methyl sites for hydroxylation is 2. The highest BCUT2D eigenvalue weighted by Crippen LogP contribution is 2.28. The third-order valence-electron chi connectivity index (χ3n) is 5.25. The Morgan fingerprint density at radius 2 is 1.78 bits per heavy atom. The molecule has 8 heteroatoms. The average molecular weight is 455 g/mol. The quantitative estimate of drug-likeness (QED) is 0.608. The fourth-order valence-electron chi connectivity index (χ4n) is 3.37. The van der Waals surface area contributed by atoms with Gasteiger partial charge in [0.05, 0.1) is 11.1 Å². The Bertz CT molecular complexity index is 1220. The van der Waals surface area contributed by atoms with Gasteiger partial charge in [0.15, 0.2) is 0 Å². The Kier molecular flexibility index (Phi) is 6.46. The number of benzene rings is 2. The lowest BCUT2D eigenvalue weighted by Gasteiger charge is -2.21. The summed E-state index contributed by atoms with van der Waals surface area (Å²) in [6, 6.07) is 12.0. The summed E-state index contributed by atoms with van der Waals surface area (Å²) < 4.78 is 30.4. The molecule has 1 heterocycles. The van der Waals surface area contributed by atoms with Crippen LogP contribution in [-0.4, -0.2) is 36.1 Å². The summed E-state index contributed by atoms with van der Waals surface area (Å²) in [5.41, 5.74) is 3.26. The number of nitrogens with zero attached hydrogens (tertiary/aromatic N) is 3. The first-order chi connectivity index (χ1) is 14.9. The maximum Gasteiger partial charge on any atom is 0.262 e. The molecule has 1 amide bonds. The summed E-state index contributed by atoms with van der Waals surface area (Å²) in [4.78, 5) is 14.6. The van der Waals surface area contributed by atoms with Crippen LogP contribution in [0.4, 0.5) is 5.69 Å². The molecule has 3 rings (SSSR count). The molecule has 0 atom stereocenters. The second kappa shape index (κ2) is 8.78. The third-order valence-corrected chi connectivity index (χ3v) is 6.78. The molecule has 0 saturated carbocycles. The van der Waals surface area contributed by atoms with E-state index in [4.69, 9.17) is 0 Å². The standard InChI is InChI=1S/C24H30N4O3S/c1-17-7-10-20(24(2,3)4)13-22(17)32(30,31)26-21-11-8-19(9-12-21)23(29)27(5)15-18-14-25-28(6)16-18/h7-14,16,26H,15H2,1-6H3. The number of carbonyl (C=O) groups excluding carboxylic acids is 1. The van der Waals surface area contributed by atoms with Gasteiger partial charge in [0, 0.05) is 43.7 Å². The number of anilines is 1. The second-order valence-corrected chi connectivity index (χ2v) is 10.7. The number of aromatic nitrogens is 2. The fourth-order valence-corrected chi connectivity index (χ4v) is 4.70. The van der Waals surface area contributed by atoms with Crippen LogP contribution >= 0.6 is 0 Å². The van der Waals surface area contributed by atoms with Crippen LogP contribution in [0.15, 0.2) is 59.8 Å². The molecule has 0 saturated heterocycles. The number of nitrogens with one attached hydrogen (secondary N) is 1. The molecule has 0 aliphatic rings. The van der Waals surface area contributed by atoms with E-state index in [-0.39, 0.29) is 16.2 Å².